The molecule has 0 aromatic heterocycles. The van der Waals surface area contributed by atoms with E-state index in [0.29, 0.717) is 3.63 Å². The molecule has 3 aliphatic carbocycles. The summed E-state index contributed by atoms with van der Waals surface area (Å²) in [5, 5.41) is 0. The molecule has 3 aliphatic rings. The first kappa shape index (κ1) is 20.6. The Morgan fingerprint density at radius 1 is 0.767 bits per heavy atom. The number of hydrogen-bond donors (Lipinski definition) is 0. The van der Waals surface area contributed by atoms with E-state index in [1.54, 1.807) is 11.1 Å². The fourth-order valence-electron chi connectivity index (χ4n) is 5.09. The molecule has 0 aliphatic heterocycles. The fourth-order valence-corrected chi connectivity index (χ4v) is 14.0. The molecule has 1 saturated carbocycles. The summed E-state index contributed by atoms with van der Waals surface area (Å²) in [6.07, 6.45) is 11.2. The Morgan fingerprint density at radius 2 is 1.30 bits per heavy atom. The number of rotatable bonds is 2. The molecule has 0 N–H and O–H groups in total. The summed E-state index contributed by atoms with van der Waals surface area (Å²) >= 11 is -1.90. The molecule has 0 atom stereocenters. The number of benzene rings is 2. The maximum absolute atomic E-state index is 2.53. The van der Waals surface area contributed by atoms with Crippen molar-refractivity contribution in [2.45, 2.75) is 75.3 Å². The average Bonchev–Trinajstić information content (AvgIpc) is 3.26. The molecule has 5 rings (SSSR count). The third-order valence-electron chi connectivity index (χ3n) is 7.04. The molecule has 154 valence electrons. The van der Waals surface area contributed by atoms with E-state index in [2.05, 4.69) is 96.2 Å². The van der Waals surface area contributed by atoms with E-state index in [-0.39, 0.29) is 10.8 Å². The monoisotopic (exact) mass is 472 g/mol. The Labute approximate surface area is 190 Å². The number of hydrogen-bond acceptors (Lipinski definition) is 0. The number of allylic oxidation sites excluding steroid dienone is 4. The van der Waals surface area contributed by atoms with Crippen molar-refractivity contribution in [1.82, 2.24) is 0 Å². The maximum atomic E-state index is 2.53. The molecule has 1 fully saturated rings. The molecule has 30 heavy (non-hydrogen) atoms. The van der Waals surface area contributed by atoms with Gasteiger partial charge < -0.3 is 0 Å². The van der Waals surface area contributed by atoms with Crippen molar-refractivity contribution in [1.29, 1.82) is 0 Å². The molecule has 0 bridgehead atoms. The van der Waals surface area contributed by atoms with Gasteiger partial charge in [-0.25, -0.2) is 0 Å². The SMILES string of the molecule is CC(C)(C)c1ccc2c(c1)-c1cc(C(C)(C)C)ccc1[CH]2[Zr]([C]1=CC=CC1)=[C]1CC1. The minimum absolute atomic E-state index is 0.180. The second-order valence-corrected chi connectivity index (χ2v) is 18.1. The molecular formula is C29H34Zr. The molecule has 2 aromatic rings. The van der Waals surface area contributed by atoms with Crippen LogP contribution < -0.4 is 0 Å². The standard InChI is InChI=1S/C21H25.C5H5.C3H4.Zr/c1-20(2,3)16-9-7-14-11-15-8-10-17(21(4,5)6)13-19(15)18(14)12-16;1-2-4-5-3-1;1-2-3-1;/h7-13H,1-6H3;1-3H,4H2;1-2H2;. The molecule has 0 radical (unpaired) electrons. The third kappa shape index (κ3) is 3.52. The van der Waals surface area contributed by atoms with Crippen LogP contribution in [-0.4, -0.2) is 3.21 Å². The second-order valence-electron chi connectivity index (χ2n) is 11.4. The van der Waals surface area contributed by atoms with Crippen molar-refractivity contribution >= 4 is 3.21 Å². The van der Waals surface area contributed by atoms with Gasteiger partial charge >= 0.3 is 191 Å². The van der Waals surface area contributed by atoms with Crippen molar-refractivity contribution in [2.75, 3.05) is 0 Å². The molecule has 0 nitrogen and oxygen atoms in total. The van der Waals surface area contributed by atoms with Gasteiger partial charge in [0.25, 0.3) is 0 Å². The van der Waals surface area contributed by atoms with Crippen molar-refractivity contribution < 1.29 is 21.3 Å². The van der Waals surface area contributed by atoms with Crippen LogP contribution in [-0.2, 0) is 32.1 Å². The van der Waals surface area contributed by atoms with Gasteiger partial charge in [0.1, 0.15) is 0 Å². The Bertz CT molecular complexity index is 1060. The molecule has 2 aromatic carbocycles. The van der Waals surface area contributed by atoms with E-state index in [1.807, 2.05) is 6.49 Å². The van der Waals surface area contributed by atoms with Crippen LogP contribution in [0, 0.1) is 0 Å². The van der Waals surface area contributed by atoms with Crippen molar-refractivity contribution in [2.24, 2.45) is 0 Å². The van der Waals surface area contributed by atoms with Crippen LogP contribution >= 0.6 is 0 Å². The topological polar surface area (TPSA) is 0 Å². The molecule has 0 heterocycles. The Balaban J connectivity index is 1.75. The molecule has 0 spiro atoms. The Kier molecular flexibility index (Phi) is 4.87. The summed E-state index contributed by atoms with van der Waals surface area (Å²) in [6.45, 7) is 14.0. The predicted molar refractivity (Wildman–Crippen MR) is 127 cm³/mol. The zero-order valence-corrected chi connectivity index (χ0v) is 21.9. The summed E-state index contributed by atoms with van der Waals surface area (Å²) in [5.41, 5.74) is 9.59. The third-order valence-corrected chi connectivity index (χ3v) is 15.7. The molecule has 0 saturated heterocycles. The second kappa shape index (κ2) is 7.10. The van der Waals surface area contributed by atoms with Crippen LogP contribution in [0.15, 0.2) is 57.9 Å². The van der Waals surface area contributed by atoms with Crippen LogP contribution in [0.4, 0.5) is 0 Å². The van der Waals surface area contributed by atoms with E-state index in [9.17, 15) is 0 Å². The first-order valence-corrected chi connectivity index (χ1v) is 15.4. The first-order valence-electron chi connectivity index (χ1n) is 11.5. The van der Waals surface area contributed by atoms with Gasteiger partial charge in [0.2, 0.25) is 0 Å². The quantitative estimate of drug-likeness (QED) is 0.418. The van der Waals surface area contributed by atoms with Crippen LogP contribution in [0.2, 0.25) is 0 Å². The zero-order chi connectivity index (χ0) is 21.3. The van der Waals surface area contributed by atoms with E-state index in [1.165, 1.54) is 41.5 Å². The first-order chi connectivity index (χ1) is 14.1. The predicted octanol–water partition coefficient (Wildman–Crippen LogP) is 7.78. The van der Waals surface area contributed by atoms with Gasteiger partial charge in [0, 0.05) is 0 Å². The van der Waals surface area contributed by atoms with Gasteiger partial charge in [0.05, 0.1) is 0 Å². The minimum atomic E-state index is -1.90. The average molecular weight is 474 g/mol. The van der Waals surface area contributed by atoms with Crippen LogP contribution in [0.25, 0.3) is 11.1 Å². The van der Waals surface area contributed by atoms with Crippen LogP contribution in [0.5, 0.6) is 0 Å². The fraction of sp³-hybridized carbons (Fsp3) is 0.414. The molecular weight excluding hydrogens is 440 g/mol. The van der Waals surface area contributed by atoms with Gasteiger partial charge in [0.15, 0.2) is 0 Å². The van der Waals surface area contributed by atoms with Crippen molar-refractivity contribution in [3.8, 4) is 11.1 Å². The van der Waals surface area contributed by atoms with Gasteiger partial charge in [-0.15, -0.1) is 0 Å². The van der Waals surface area contributed by atoms with Gasteiger partial charge in [-0.1, -0.05) is 0 Å². The normalized spacial score (nSPS) is 17.8. The Hall–Kier alpha value is -1.33. The summed E-state index contributed by atoms with van der Waals surface area (Å²) in [6, 6.07) is 14.9. The van der Waals surface area contributed by atoms with Crippen molar-refractivity contribution in [3.63, 3.8) is 0 Å². The van der Waals surface area contributed by atoms with E-state index in [0.717, 1.165) is 0 Å². The van der Waals surface area contributed by atoms with Gasteiger partial charge in [-0.2, -0.15) is 0 Å². The zero-order valence-electron chi connectivity index (χ0n) is 19.4. The van der Waals surface area contributed by atoms with Gasteiger partial charge in [-0.3, -0.25) is 0 Å². The molecule has 0 unspecified atom stereocenters. The van der Waals surface area contributed by atoms with E-state index >= 15 is 0 Å². The van der Waals surface area contributed by atoms with E-state index in [4.69, 9.17) is 0 Å². The summed E-state index contributed by atoms with van der Waals surface area (Å²) in [5.74, 6) is 0. The van der Waals surface area contributed by atoms with Crippen LogP contribution in [0.1, 0.15) is 86.7 Å². The Morgan fingerprint density at radius 3 is 1.70 bits per heavy atom. The van der Waals surface area contributed by atoms with Crippen LogP contribution in [0.3, 0.4) is 0 Å². The van der Waals surface area contributed by atoms with Gasteiger partial charge in [-0.05, 0) is 0 Å². The summed E-state index contributed by atoms with van der Waals surface area (Å²) < 4.78 is 4.44. The molecule has 1 heteroatoms. The summed E-state index contributed by atoms with van der Waals surface area (Å²) in [7, 11) is 0. The number of fused-ring (bicyclic) bond motifs is 3. The molecule has 0 amide bonds. The summed E-state index contributed by atoms with van der Waals surface area (Å²) in [4.78, 5) is 0. The van der Waals surface area contributed by atoms with Crippen molar-refractivity contribution in [3.05, 3.63) is 80.2 Å². The van der Waals surface area contributed by atoms with E-state index < -0.39 is 21.3 Å².